The van der Waals surface area contributed by atoms with Crippen LogP contribution in [0.3, 0.4) is 0 Å². The Hall–Kier alpha value is -2.26. The lowest BCUT2D eigenvalue weighted by Crippen LogP contribution is -2.39. The van der Waals surface area contributed by atoms with Crippen molar-refractivity contribution in [1.82, 2.24) is 9.88 Å². The van der Waals surface area contributed by atoms with Gasteiger partial charge in [0.25, 0.3) is 5.69 Å². The zero-order valence-corrected chi connectivity index (χ0v) is 19.7. The van der Waals surface area contributed by atoms with Crippen LogP contribution in [0.4, 0.5) is 10.8 Å². The van der Waals surface area contributed by atoms with Gasteiger partial charge in [-0.1, -0.05) is 48.9 Å². The molecule has 0 aliphatic rings. The molecule has 1 heterocycles. The predicted octanol–water partition coefficient (Wildman–Crippen LogP) is 5.20. The summed E-state index contributed by atoms with van der Waals surface area (Å²) in [6, 6.07) is 11.6. The monoisotopic (exact) mass is 482 g/mol. The molecule has 0 N–H and O–H groups in total. The number of carbonyl (C=O) groups excluding carboxylic acids is 1. The van der Waals surface area contributed by atoms with Crippen molar-refractivity contribution < 1.29 is 9.72 Å². The van der Waals surface area contributed by atoms with Crippen LogP contribution in [-0.4, -0.2) is 46.9 Å². The summed E-state index contributed by atoms with van der Waals surface area (Å²) in [4.78, 5) is 32.2. The molecule has 0 saturated heterocycles. The Kier molecular flexibility index (Phi) is 9.18. The normalized spacial score (nSPS) is 10.8. The van der Waals surface area contributed by atoms with Gasteiger partial charge in [-0.05, 0) is 36.9 Å². The van der Waals surface area contributed by atoms with Crippen LogP contribution in [0.25, 0.3) is 10.2 Å². The number of thiazole rings is 1. The Morgan fingerprint density at radius 2 is 1.81 bits per heavy atom. The summed E-state index contributed by atoms with van der Waals surface area (Å²) >= 11 is 7.53. The number of nitrogens with zero attached hydrogens (tertiary/aromatic N) is 4. The SMILES string of the molecule is CCN(CC)CCN(C(=O)Cc1ccc([N+](=O)[O-])cc1)c1nc2ccc(Cl)cc2s1.Cl. The first-order chi connectivity index (χ1) is 14.4. The first kappa shape index (κ1) is 25.0. The number of aromatic nitrogens is 1. The fourth-order valence-corrected chi connectivity index (χ4v) is 4.40. The van der Waals surface area contributed by atoms with Gasteiger partial charge in [-0.25, -0.2) is 4.98 Å². The summed E-state index contributed by atoms with van der Waals surface area (Å²) in [6.07, 6.45) is 0.146. The third-order valence-electron chi connectivity index (χ3n) is 4.91. The molecular formula is C21H24Cl2N4O3S. The number of anilines is 1. The van der Waals surface area contributed by atoms with Gasteiger partial charge in [-0.15, -0.1) is 12.4 Å². The highest BCUT2D eigenvalue weighted by Crippen LogP contribution is 2.31. The number of fused-ring (bicyclic) bond motifs is 1. The van der Waals surface area contributed by atoms with Crippen molar-refractivity contribution in [2.45, 2.75) is 20.3 Å². The number of nitro benzene ring substituents is 1. The van der Waals surface area contributed by atoms with Gasteiger partial charge < -0.3 is 4.90 Å². The minimum absolute atomic E-state index is 0. The summed E-state index contributed by atoms with van der Waals surface area (Å²) in [5.41, 5.74) is 1.53. The quantitative estimate of drug-likeness (QED) is 0.309. The fraction of sp³-hybridized carbons (Fsp3) is 0.333. The predicted molar refractivity (Wildman–Crippen MR) is 129 cm³/mol. The van der Waals surface area contributed by atoms with Gasteiger partial charge in [0.15, 0.2) is 5.13 Å². The molecule has 31 heavy (non-hydrogen) atoms. The van der Waals surface area contributed by atoms with E-state index >= 15 is 0 Å². The van der Waals surface area contributed by atoms with Gasteiger partial charge in [0.1, 0.15) is 0 Å². The van der Waals surface area contributed by atoms with Crippen molar-refractivity contribution in [3.05, 3.63) is 63.2 Å². The van der Waals surface area contributed by atoms with E-state index in [4.69, 9.17) is 11.6 Å². The molecule has 0 bridgehead atoms. The van der Waals surface area contributed by atoms with Crippen LogP contribution >= 0.6 is 35.3 Å². The van der Waals surface area contributed by atoms with Crippen LogP contribution in [0, 0.1) is 10.1 Å². The molecule has 3 rings (SSSR count). The molecule has 2 aromatic carbocycles. The largest absolute Gasteiger partial charge is 0.302 e. The number of nitro groups is 1. The second-order valence-corrected chi connectivity index (χ2v) is 8.23. The van der Waals surface area contributed by atoms with Crippen LogP contribution in [0.15, 0.2) is 42.5 Å². The van der Waals surface area contributed by atoms with Crippen LogP contribution in [0.2, 0.25) is 5.02 Å². The van der Waals surface area contributed by atoms with Crippen LogP contribution in [0.1, 0.15) is 19.4 Å². The van der Waals surface area contributed by atoms with Crippen molar-refractivity contribution >= 4 is 62.3 Å². The van der Waals surface area contributed by atoms with Gasteiger partial charge in [0.2, 0.25) is 5.91 Å². The summed E-state index contributed by atoms with van der Waals surface area (Å²) in [7, 11) is 0. The van der Waals surface area contributed by atoms with Gasteiger partial charge in [-0.3, -0.25) is 19.8 Å². The molecule has 166 valence electrons. The molecule has 0 saturated carbocycles. The van der Waals surface area contributed by atoms with E-state index in [1.807, 2.05) is 12.1 Å². The molecule has 1 amide bonds. The maximum Gasteiger partial charge on any atom is 0.269 e. The van der Waals surface area contributed by atoms with Crippen molar-refractivity contribution in [2.75, 3.05) is 31.1 Å². The highest BCUT2D eigenvalue weighted by atomic mass is 35.5. The third-order valence-corrected chi connectivity index (χ3v) is 6.18. The number of non-ortho nitro benzene ring substituents is 1. The summed E-state index contributed by atoms with van der Waals surface area (Å²) in [5.74, 6) is -0.0961. The zero-order chi connectivity index (χ0) is 21.7. The second-order valence-electron chi connectivity index (χ2n) is 6.78. The highest BCUT2D eigenvalue weighted by Gasteiger charge is 2.21. The average Bonchev–Trinajstić information content (AvgIpc) is 3.14. The lowest BCUT2D eigenvalue weighted by Gasteiger charge is -2.24. The minimum Gasteiger partial charge on any atom is -0.302 e. The van der Waals surface area contributed by atoms with E-state index in [0.29, 0.717) is 16.7 Å². The first-order valence-electron chi connectivity index (χ1n) is 9.73. The molecule has 0 spiro atoms. The maximum absolute atomic E-state index is 13.2. The number of hydrogen-bond acceptors (Lipinski definition) is 6. The molecule has 0 radical (unpaired) electrons. The Morgan fingerprint density at radius 3 is 2.42 bits per heavy atom. The molecule has 3 aromatic rings. The number of amides is 1. The highest BCUT2D eigenvalue weighted by molar-refractivity contribution is 7.22. The fourth-order valence-electron chi connectivity index (χ4n) is 3.12. The summed E-state index contributed by atoms with van der Waals surface area (Å²) in [6.45, 7) is 7.22. The molecule has 0 unspecified atom stereocenters. The number of carbonyl (C=O) groups is 1. The number of benzene rings is 2. The van der Waals surface area contributed by atoms with E-state index < -0.39 is 4.92 Å². The van der Waals surface area contributed by atoms with E-state index in [1.165, 1.54) is 23.5 Å². The van der Waals surface area contributed by atoms with Crippen LogP contribution in [0.5, 0.6) is 0 Å². The topological polar surface area (TPSA) is 79.6 Å². The summed E-state index contributed by atoms with van der Waals surface area (Å²) in [5, 5.41) is 12.1. The Balaban J connectivity index is 0.00000341. The number of likely N-dealkylation sites (N-methyl/N-ethyl adjacent to an activating group) is 1. The van der Waals surface area contributed by atoms with Crippen LogP contribution in [-0.2, 0) is 11.2 Å². The molecule has 7 nitrogen and oxygen atoms in total. The van der Waals surface area contributed by atoms with E-state index in [0.717, 1.165) is 35.4 Å². The maximum atomic E-state index is 13.2. The standard InChI is InChI=1S/C21H23ClN4O3S.ClH/c1-3-24(4-2)11-12-25(21-23-18-10-7-16(22)14-19(18)30-21)20(27)13-15-5-8-17(9-6-15)26(28)29;/h5-10,14H,3-4,11-13H2,1-2H3;1H. The first-order valence-corrected chi connectivity index (χ1v) is 10.9. The van der Waals surface area contributed by atoms with Crippen molar-refractivity contribution in [3.63, 3.8) is 0 Å². The smallest absolute Gasteiger partial charge is 0.269 e. The molecular weight excluding hydrogens is 459 g/mol. The number of rotatable bonds is 9. The van der Waals surface area contributed by atoms with Gasteiger partial charge in [-0.2, -0.15) is 0 Å². The molecule has 0 fully saturated rings. The van der Waals surface area contributed by atoms with E-state index in [2.05, 4.69) is 23.7 Å². The molecule has 1 aromatic heterocycles. The zero-order valence-electron chi connectivity index (χ0n) is 17.3. The summed E-state index contributed by atoms with van der Waals surface area (Å²) < 4.78 is 0.925. The van der Waals surface area contributed by atoms with Crippen molar-refractivity contribution in [3.8, 4) is 0 Å². The van der Waals surface area contributed by atoms with E-state index in [9.17, 15) is 14.9 Å². The minimum atomic E-state index is -0.450. The lowest BCUT2D eigenvalue weighted by molar-refractivity contribution is -0.384. The molecule has 0 aliphatic heterocycles. The third kappa shape index (κ3) is 6.36. The lowest BCUT2D eigenvalue weighted by atomic mass is 10.1. The molecule has 0 aliphatic carbocycles. The Bertz CT molecular complexity index is 1040. The van der Waals surface area contributed by atoms with Gasteiger partial charge >= 0.3 is 0 Å². The molecule has 10 heteroatoms. The Morgan fingerprint density at radius 1 is 1.13 bits per heavy atom. The number of hydrogen-bond donors (Lipinski definition) is 0. The van der Waals surface area contributed by atoms with E-state index in [-0.39, 0.29) is 30.4 Å². The van der Waals surface area contributed by atoms with Crippen molar-refractivity contribution in [2.24, 2.45) is 0 Å². The second kappa shape index (κ2) is 11.4. The number of halogens is 2. The van der Waals surface area contributed by atoms with E-state index in [1.54, 1.807) is 23.1 Å². The van der Waals surface area contributed by atoms with Gasteiger partial charge in [0, 0.05) is 30.2 Å². The average molecular weight is 483 g/mol. The molecule has 0 atom stereocenters. The Labute approximate surface area is 196 Å². The van der Waals surface area contributed by atoms with Crippen molar-refractivity contribution in [1.29, 1.82) is 0 Å². The van der Waals surface area contributed by atoms with Crippen LogP contribution < -0.4 is 4.90 Å². The van der Waals surface area contributed by atoms with Gasteiger partial charge in [0.05, 0.1) is 21.6 Å².